The molecule has 0 atom stereocenters. The lowest BCUT2D eigenvalue weighted by atomic mass is 10.2. The summed E-state index contributed by atoms with van der Waals surface area (Å²) in [6.07, 6.45) is -0.00774. The van der Waals surface area contributed by atoms with Crippen molar-refractivity contribution in [2.24, 2.45) is 14.1 Å². The van der Waals surface area contributed by atoms with Crippen LogP contribution in [0.15, 0.2) is 45.1 Å². The molecule has 4 rings (SSSR count). The zero-order valence-electron chi connectivity index (χ0n) is 14.9. The molecular formula is C16H20N8O2S. The van der Waals surface area contributed by atoms with Crippen molar-refractivity contribution in [3.8, 4) is 0 Å². The summed E-state index contributed by atoms with van der Waals surface area (Å²) in [5.74, 6) is 0.659. The van der Waals surface area contributed by atoms with Gasteiger partial charge in [-0.3, -0.25) is 13.9 Å². The molecule has 1 fully saturated rings. The summed E-state index contributed by atoms with van der Waals surface area (Å²) >= 11 is 1.50. The van der Waals surface area contributed by atoms with Crippen molar-refractivity contribution in [2.75, 3.05) is 5.75 Å². The maximum atomic E-state index is 12.8. The Morgan fingerprint density at radius 3 is 2.48 bits per heavy atom. The maximum Gasteiger partial charge on any atom is 0.332 e. The Morgan fingerprint density at radius 2 is 1.78 bits per heavy atom. The molecule has 0 bridgehead atoms. The molecule has 11 heteroatoms. The first kappa shape index (κ1) is 17.9. The normalized spacial score (nSPS) is 15.0. The van der Waals surface area contributed by atoms with Crippen LogP contribution >= 0.6 is 11.8 Å². The minimum absolute atomic E-state index is 0.00774. The van der Waals surface area contributed by atoms with E-state index in [4.69, 9.17) is 0 Å². The van der Waals surface area contributed by atoms with Crippen LogP contribution in [0, 0.1) is 0 Å². The molecule has 27 heavy (non-hydrogen) atoms. The molecule has 0 aliphatic carbocycles. The van der Waals surface area contributed by atoms with Crippen LogP contribution in [0.5, 0.6) is 0 Å². The zero-order valence-corrected chi connectivity index (χ0v) is 15.7. The second kappa shape index (κ2) is 7.29. The Balaban J connectivity index is 1.83. The highest BCUT2D eigenvalue weighted by Crippen LogP contribution is 2.23. The SMILES string of the molecule is Cn1c(=O)c2c(nc(SCC3NNNN3)n2Cc2ccccc2)n(C)c1=O. The smallest absolute Gasteiger partial charge is 0.309 e. The number of imidazole rings is 1. The Morgan fingerprint density at radius 1 is 1.07 bits per heavy atom. The van der Waals surface area contributed by atoms with Crippen molar-refractivity contribution in [1.82, 2.24) is 40.6 Å². The average molecular weight is 388 g/mol. The number of nitrogens with one attached hydrogen (secondary N) is 4. The summed E-state index contributed by atoms with van der Waals surface area (Å²) in [6.45, 7) is 0.495. The standard InChI is InChI=1S/C16H20N8O2S/c1-22-13-12(14(25)23(2)16(22)26)24(8-10-6-4-3-5-7-10)15(17-13)27-9-11-18-20-21-19-11/h3-7,11,18-21H,8-9H2,1-2H3. The van der Waals surface area contributed by atoms with Crippen molar-refractivity contribution in [3.63, 3.8) is 0 Å². The van der Waals surface area contributed by atoms with Crippen molar-refractivity contribution >= 4 is 22.9 Å². The molecular weight excluding hydrogens is 368 g/mol. The quantitative estimate of drug-likeness (QED) is 0.413. The van der Waals surface area contributed by atoms with Gasteiger partial charge in [-0.25, -0.2) is 20.6 Å². The molecule has 1 saturated heterocycles. The molecule has 142 valence electrons. The third-order valence-electron chi connectivity index (χ3n) is 4.43. The molecule has 0 spiro atoms. The lowest BCUT2D eigenvalue weighted by Crippen LogP contribution is -2.37. The van der Waals surface area contributed by atoms with E-state index in [-0.39, 0.29) is 17.4 Å². The predicted molar refractivity (Wildman–Crippen MR) is 103 cm³/mol. The fourth-order valence-electron chi connectivity index (χ4n) is 2.97. The van der Waals surface area contributed by atoms with E-state index in [9.17, 15) is 9.59 Å². The predicted octanol–water partition coefficient (Wildman–Crippen LogP) is -0.983. The van der Waals surface area contributed by atoms with Gasteiger partial charge in [0, 0.05) is 19.8 Å². The maximum absolute atomic E-state index is 12.8. The first-order valence-corrected chi connectivity index (χ1v) is 9.39. The Bertz CT molecular complexity index is 1080. The zero-order chi connectivity index (χ0) is 19.0. The number of hydrogen-bond acceptors (Lipinski definition) is 8. The molecule has 3 heterocycles. The summed E-state index contributed by atoms with van der Waals surface area (Å²) < 4.78 is 4.41. The van der Waals surface area contributed by atoms with Gasteiger partial charge in [-0.2, -0.15) is 11.1 Å². The van der Waals surface area contributed by atoms with Crippen molar-refractivity contribution in [1.29, 1.82) is 0 Å². The van der Waals surface area contributed by atoms with Crippen LogP contribution in [-0.4, -0.2) is 30.6 Å². The molecule has 1 aliphatic heterocycles. The number of aromatic nitrogens is 4. The molecule has 0 unspecified atom stereocenters. The van der Waals surface area contributed by atoms with Crippen LogP contribution in [0.1, 0.15) is 5.56 Å². The van der Waals surface area contributed by atoms with E-state index in [2.05, 4.69) is 26.9 Å². The van der Waals surface area contributed by atoms with Gasteiger partial charge < -0.3 is 4.57 Å². The average Bonchev–Trinajstić information content (AvgIpc) is 3.32. The van der Waals surface area contributed by atoms with Crippen LogP contribution < -0.4 is 33.2 Å². The van der Waals surface area contributed by atoms with Crippen LogP contribution in [0.25, 0.3) is 11.2 Å². The molecule has 1 aliphatic rings. The molecule has 10 nitrogen and oxygen atoms in total. The Hall–Kier alpha value is -2.44. The van der Waals surface area contributed by atoms with Crippen LogP contribution in [0.3, 0.4) is 0 Å². The van der Waals surface area contributed by atoms with E-state index in [1.807, 2.05) is 34.9 Å². The Labute approximate surface area is 158 Å². The number of nitrogens with zero attached hydrogens (tertiary/aromatic N) is 4. The van der Waals surface area contributed by atoms with Crippen molar-refractivity contribution in [3.05, 3.63) is 56.7 Å². The molecule has 1 aromatic carbocycles. The summed E-state index contributed by atoms with van der Waals surface area (Å²) in [4.78, 5) is 29.7. The molecule has 0 saturated carbocycles. The summed E-state index contributed by atoms with van der Waals surface area (Å²) in [6, 6.07) is 9.87. The third-order valence-corrected chi connectivity index (χ3v) is 5.50. The van der Waals surface area contributed by atoms with Gasteiger partial charge in [0.1, 0.15) is 0 Å². The second-order valence-corrected chi connectivity index (χ2v) is 7.23. The topological polar surface area (TPSA) is 110 Å². The first-order chi connectivity index (χ1) is 13.1. The number of hydrogen-bond donors (Lipinski definition) is 4. The van der Waals surface area contributed by atoms with Crippen molar-refractivity contribution < 1.29 is 0 Å². The summed E-state index contributed by atoms with van der Waals surface area (Å²) in [5.41, 5.74) is 12.7. The number of rotatable bonds is 5. The summed E-state index contributed by atoms with van der Waals surface area (Å²) in [5, 5.41) is 0.683. The van der Waals surface area contributed by atoms with Crippen LogP contribution in [0.4, 0.5) is 0 Å². The van der Waals surface area contributed by atoms with E-state index >= 15 is 0 Å². The lowest BCUT2D eigenvalue weighted by Gasteiger charge is -2.11. The number of thioether (sulfide) groups is 1. The number of fused-ring (bicyclic) bond motifs is 1. The van der Waals surface area contributed by atoms with E-state index in [0.29, 0.717) is 28.6 Å². The summed E-state index contributed by atoms with van der Waals surface area (Å²) in [7, 11) is 3.12. The van der Waals surface area contributed by atoms with Gasteiger partial charge in [0.05, 0.1) is 12.7 Å². The van der Waals surface area contributed by atoms with Gasteiger partial charge in [-0.15, -0.1) is 0 Å². The highest BCUT2D eigenvalue weighted by atomic mass is 32.2. The Kier molecular flexibility index (Phi) is 4.85. The molecule has 0 radical (unpaired) electrons. The fraction of sp³-hybridized carbons (Fsp3) is 0.312. The monoisotopic (exact) mass is 388 g/mol. The van der Waals surface area contributed by atoms with E-state index in [1.54, 1.807) is 7.05 Å². The number of benzene rings is 1. The molecule has 3 aromatic rings. The molecule has 0 amide bonds. The van der Waals surface area contributed by atoms with E-state index in [0.717, 1.165) is 10.1 Å². The third kappa shape index (κ3) is 3.31. The highest BCUT2D eigenvalue weighted by molar-refractivity contribution is 7.99. The van der Waals surface area contributed by atoms with Gasteiger partial charge in [0.15, 0.2) is 16.3 Å². The van der Waals surface area contributed by atoms with Crippen LogP contribution in [-0.2, 0) is 20.6 Å². The van der Waals surface area contributed by atoms with E-state index in [1.165, 1.54) is 23.4 Å². The fourth-order valence-corrected chi connectivity index (χ4v) is 3.92. The molecule has 4 N–H and O–H groups in total. The number of aryl methyl sites for hydroxylation is 1. The molecule has 2 aromatic heterocycles. The van der Waals surface area contributed by atoms with Gasteiger partial charge in [-0.05, 0) is 5.56 Å². The lowest BCUT2D eigenvalue weighted by molar-refractivity contribution is 0.556. The minimum atomic E-state index is -0.388. The van der Waals surface area contributed by atoms with Crippen molar-refractivity contribution in [2.45, 2.75) is 17.9 Å². The van der Waals surface area contributed by atoms with Gasteiger partial charge in [0.25, 0.3) is 5.56 Å². The first-order valence-electron chi connectivity index (χ1n) is 8.40. The minimum Gasteiger partial charge on any atom is -0.309 e. The second-order valence-electron chi connectivity index (χ2n) is 6.25. The van der Waals surface area contributed by atoms with Gasteiger partial charge >= 0.3 is 5.69 Å². The van der Waals surface area contributed by atoms with Gasteiger partial charge in [0.2, 0.25) is 0 Å². The number of hydrazine groups is 3. The van der Waals surface area contributed by atoms with E-state index < -0.39 is 0 Å². The largest absolute Gasteiger partial charge is 0.332 e. The highest BCUT2D eigenvalue weighted by Gasteiger charge is 2.21. The van der Waals surface area contributed by atoms with Crippen LogP contribution in [0.2, 0.25) is 0 Å². The van der Waals surface area contributed by atoms with Gasteiger partial charge in [-0.1, -0.05) is 42.1 Å².